The molecule has 0 radical (unpaired) electrons. The maximum absolute atomic E-state index is 6.21. The number of aryl methyl sites for hydroxylation is 1. The van der Waals surface area contributed by atoms with E-state index in [1.807, 2.05) is 29.8 Å². The van der Waals surface area contributed by atoms with E-state index in [4.69, 9.17) is 5.73 Å². The molecule has 0 aromatic carbocycles. The molecule has 0 saturated carbocycles. The zero-order valence-corrected chi connectivity index (χ0v) is 11.7. The van der Waals surface area contributed by atoms with Crippen LogP contribution >= 0.6 is 0 Å². The lowest BCUT2D eigenvalue weighted by Gasteiger charge is -2.13. The van der Waals surface area contributed by atoms with Crippen LogP contribution in [0.5, 0.6) is 0 Å². The van der Waals surface area contributed by atoms with E-state index in [0.717, 1.165) is 23.8 Å². The Labute approximate surface area is 113 Å². The first kappa shape index (κ1) is 13.7. The van der Waals surface area contributed by atoms with Crippen LogP contribution in [0.2, 0.25) is 0 Å². The van der Waals surface area contributed by atoms with Gasteiger partial charge < -0.3 is 5.73 Å². The van der Waals surface area contributed by atoms with Gasteiger partial charge in [0, 0.05) is 18.7 Å². The molecular weight excluding hydrogens is 238 g/mol. The SMILES string of the molecule is Cc1cccc(C(N)Cc2ncnn2CC(C)C)n1. The third kappa shape index (κ3) is 3.61. The average Bonchev–Trinajstić information content (AvgIpc) is 2.75. The van der Waals surface area contributed by atoms with Crippen LogP contribution in [-0.2, 0) is 13.0 Å². The summed E-state index contributed by atoms with van der Waals surface area (Å²) in [4.78, 5) is 8.76. The first-order chi connectivity index (χ1) is 9.06. The van der Waals surface area contributed by atoms with E-state index in [1.54, 1.807) is 6.33 Å². The minimum Gasteiger partial charge on any atom is -0.322 e. The summed E-state index contributed by atoms with van der Waals surface area (Å²) in [6, 6.07) is 5.77. The summed E-state index contributed by atoms with van der Waals surface area (Å²) in [6.07, 6.45) is 2.25. The van der Waals surface area contributed by atoms with Gasteiger partial charge in [-0.3, -0.25) is 4.98 Å². The molecule has 2 rings (SSSR count). The predicted octanol–water partition coefficient (Wildman–Crippen LogP) is 1.88. The van der Waals surface area contributed by atoms with Crippen molar-refractivity contribution in [1.82, 2.24) is 19.7 Å². The van der Waals surface area contributed by atoms with E-state index in [1.165, 1.54) is 0 Å². The van der Waals surface area contributed by atoms with Gasteiger partial charge >= 0.3 is 0 Å². The summed E-state index contributed by atoms with van der Waals surface area (Å²) in [6.45, 7) is 7.15. The van der Waals surface area contributed by atoms with Gasteiger partial charge in [-0.05, 0) is 25.0 Å². The Balaban J connectivity index is 2.10. The first-order valence-corrected chi connectivity index (χ1v) is 6.62. The summed E-state index contributed by atoms with van der Waals surface area (Å²) in [5, 5.41) is 4.25. The number of pyridine rings is 1. The monoisotopic (exact) mass is 259 g/mol. The predicted molar refractivity (Wildman–Crippen MR) is 74.5 cm³/mol. The summed E-state index contributed by atoms with van der Waals surface area (Å²) >= 11 is 0. The highest BCUT2D eigenvalue weighted by Gasteiger charge is 2.13. The zero-order chi connectivity index (χ0) is 13.8. The van der Waals surface area contributed by atoms with Gasteiger partial charge in [0.15, 0.2) is 0 Å². The topological polar surface area (TPSA) is 69.6 Å². The molecule has 2 aromatic heterocycles. The fraction of sp³-hybridized carbons (Fsp3) is 0.500. The number of nitrogens with two attached hydrogens (primary N) is 1. The van der Waals surface area contributed by atoms with Crippen molar-refractivity contribution in [2.45, 2.75) is 39.8 Å². The van der Waals surface area contributed by atoms with Crippen LogP contribution in [0.3, 0.4) is 0 Å². The van der Waals surface area contributed by atoms with Crippen molar-refractivity contribution in [2.24, 2.45) is 11.7 Å². The van der Waals surface area contributed by atoms with Crippen LogP contribution in [0.1, 0.15) is 37.1 Å². The van der Waals surface area contributed by atoms with Crippen molar-refractivity contribution in [3.05, 3.63) is 41.7 Å². The van der Waals surface area contributed by atoms with Gasteiger partial charge in [-0.25, -0.2) is 9.67 Å². The molecule has 2 aromatic rings. The molecule has 0 spiro atoms. The summed E-state index contributed by atoms with van der Waals surface area (Å²) in [5.41, 5.74) is 8.10. The minimum atomic E-state index is -0.144. The van der Waals surface area contributed by atoms with Crippen molar-refractivity contribution < 1.29 is 0 Å². The van der Waals surface area contributed by atoms with Crippen LogP contribution in [0.25, 0.3) is 0 Å². The Morgan fingerprint density at radius 3 is 2.79 bits per heavy atom. The molecule has 1 atom stereocenters. The lowest BCUT2D eigenvalue weighted by Crippen LogP contribution is -2.19. The Hall–Kier alpha value is -1.75. The van der Waals surface area contributed by atoms with Crippen LogP contribution in [0, 0.1) is 12.8 Å². The number of hydrogen-bond acceptors (Lipinski definition) is 4. The third-order valence-corrected chi connectivity index (χ3v) is 2.93. The van der Waals surface area contributed by atoms with Gasteiger partial charge in [0.05, 0.1) is 11.7 Å². The molecule has 19 heavy (non-hydrogen) atoms. The molecule has 0 aliphatic heterocycles. The van der Waals surface area contributed by atoms with Crippen molar-refractivity contribution in [1.29, 1.82) is 0 Å². The maximum atomic E-state index is 6.21. The molecule has 1 unspecified atom stereocenters. The van der Waals surface area contributed by atoms with E-state index < -0.39 is 0 Å². The molecule has 5 heteroatoms. The quantitative estimate of drug-likeness (QED) is 0.890. The molecule has 0 amide bonds. The van der Waals surface area contributed by atoms with Gasteiger partial charge in [0.2, 0.25) is 0 Å². The van der Waals surface area contributed by atoms with Crippen molar-refractivity contribution in [2.75, 3.05) is 0 Å². The number of aromatic nitrogens is 4. The molecule has 0 bridgehead atoms. The largest absolute Gasteiger partial charge is 0.322 e. The molecule has 5 nitrogen and oxygen atoms in total. The van der Waals surface area contributed by atoms with Crippen LogP contribution in [-0.4, -0.2) is 19.7 Å². The summed E-state index contributed by atoms with van der Waals surface area (Å²) < 4.78 is 1.93. The zero-order valence-electron chi connectivity index (χ0n) is 11.7. The van der Waals surface area contributed by atoms with Gasteiger partial charge in [0.25, 0.3) is 0 Å². The van der Waals surface area contributed by atoms with Gasteiger partial charge in [-0.1, -0.05) is 19.9 Å². The Morgan fingerprint density at radius 1 is 1.32 bits per heavy atom. The highest BCUT2D eigenvalue weighted by molar-refractivity contribution is 5.14. The molecule has 0 aliphatic carbocycles. The Kier molecular flexibility index (Phi) is 4.27. The molecule has 102 valence electrons. The molecule has 0 aliphatic rings. The highest BCUT2D eigenvalue weighted by Crippen LogP contribution is 2.13. The van der Waals surface area contributed by atoms with E-state index in [9.17, 15) is 0 Å². The van der Waals surface area contributed by atoms with E-state index in [0.29, 0.717) is 12.3 Å². The molecule has 0 saturated heterocycles. The van der Waals surface area contributed by atoms with Gasteiger partial charge in [0.1, 0.15) is 12.2 Å². The second-order valence-corrected chi connectivity index (χ2v) is 5.27. The number of rotatable bonds is 5. The second-order valence-electron chi connectivity index (χ2n) is 5.27. The normalized spacial score (nSPS) is 12.9. The summed E-state index contributed by atoms with van der Waals surface area (Å²) in [5.74, 6) is 1.46. The molecular formula is C14H21N5. The fourth-order valence-electron chi connectivity index (χ4n) is 2.02. The van der Waals surface area contributed by atoms with Crippen molar-refractivity contribution in [3.63, 3.8) is 0 Å². The lowest BCUT2D eigenvalue weighted by atomic mass is 10.1. The third-order valence-electron chi connectivity index (χ3n) is 2.93. The molecule has 2 heterocycles. The highest BCUT2D eigenvalue weighted by atomic mass is 15.3. The van der Waals surface area contributed by atoms with Gasteiger partial charge in [-0.2, -0.15) is 5.10 Å². The van der Waals surface area contributed by atoms with E-state index in [-0.39, 0.29) is 6.04 Å². The average molecular weight is 259 g/mol. The fourth-order valence-corrected chi connectivity index (χ4v) is 2.02. The van der Waals surface area contributed by atoms with E-state index in [2.05, 4.69) is 28.9 Å². The Morgan fingerprint density at radius 2 is 2.11 bits per heavy atom. The van der Waals surface area contributed by atoms with E-state index >= 15 is 0 Å². The Bertz CT molecular complexity index is 532. The van der Waals surface area contributed by atoms with Crippen LogP contribution in [0.15, 0.2) is 24.5 Å². The van der Waals surface area contributed by atoms with Crippen LogP contribution in [0.4, 0.5) is 0 Å². The number of nitrogens with zero attached hydrogens (tertiary/aromatic N) is 4. The standard InChI is InChI=1S/C14H21N5/c1-10(2)8-19-14(16-9-17-19)7-12(15)13-6-4-5-11(3)18-13/h4-6,9-10,12H,7-8,15H2,1-3H3. The van der Waals surface area contributed by atoms with Crippen molar-refractivity contribution in [3.8, 4) is 0 Å². The molecule has 2 N–H and O–H groups in total. The minimum absolute atomic E-state index is 0.144. The second kappa shape index (κ2) is 5.93. The van der Waals surface area contributed by atoms with Gasteiger partial charge in [-0.15, -0.1) is 0 Å². The van der Waals surface area contributed by atoms with Crippen molar-refractivity contribution >= 4 is 0 Å². The lowest BCUT2D eigenvalue weighted by molar-refractivity contribution is 0.458. The number of hydrogen-bond donors (Lipinski definition) is 1. The maximum Gasteiger partial charge on any atom is 0.138 e. The smallest absolute Gasteiger partial charge is 0.138 e. The van der Waals surface area contributed by atoms with Crippen LogP contribution < -0.4 is 5.73 Å². The molecule has 0 fully saturated rings. The first-order valence-electron chi connectivity index (χ1n) is 6.62. The summed E-state index contributed by atoms with van der Waals surface area (Å²) in [7, 11) is 0.